The second-order valence-electron chi connectivity index (χ2n) is 2.52. The van der Waals surface area contributed by atoms with E-state index in [0.29, 0.717) is 6.54 Å². The van der Waals surface area contributed by atoms with Gasteiger partial charge in [0.2, 0.25) is 17.7 Å². The van der Waals surface area contributed by atoms with Crippen molar-refractivity contribution in [2.45, 2.75) is 0 Å². The van der Waals surface area contributed by atoms with Gasteiger partial charge in [-0.15, -0.1) is 4.98 Å². The lowest BCUT2D eigenvalue weighted by Gasteiger charge is -1.84. The number of rotatable bonds is 0. The molecule has 2 heterocycles. The van der Waals surface area contributed by atoms with Crippen LogP contribution < -0.4 is 10.7 Å². The quantitative estimate of drug-likeness (QED) is 0.536. The first-order valence-corrected chi connectivity index (χ1v) is 3.94. The summed E-state index contributed by atoms with van der Waals surface area (Å²) >= 11 is 0. The van der Waals surface area contributed by atoms with E-state index in [0.717, 1.165) is 16.7 Å². The number of hydrogen-bond donors (Lipinski definition) is 2. The molecular weight excluding hydrogens is 164 g/mol. The molecule has 0 fully saturated rings. The molecule has 0 aliphatic carbocycles. The normalized spacial score (nSPS) is 9.62. The molecule has 2 aromatic heterocycles. The number of nitrogens with zero attached hydrogens (tertiary/aromatic N) is 1. The van der Waals surface area contributed by atoms with Crippen LogP contribution >= 0.6 is 0 Å². The maximum absolute atomic E-state index is 5.28. The van der Waals surface area contributed by atoms with E-state index < -0.39 is 0 Å². The molecular formula is C9H9N4+. The van der Waals surface area contributed by atoms with E-state index in [4.69, 9.17) is 5.73 Å². The van der Waals surface area contributed by atoms with E-state index in [1.54, 1.807) is 6.33 Å². The number of H-pyrrole nitrogens is 2. The molecule has 0 saturated heterocycles. The van der Waals surface area contributed by atoms with Crippen molar-refractivity contribution in [2.75, 3.05) is 6.54 Å². The summed E-state index contributed by atoms with van der Waals surface area (Å²) in [5.41, 5.74) is 6.96. The van der Waals surface area contributed by atoms with Crippen molar-refractivity contribution in [1.29, 1.82) is 0 Å². The third kappa shape index (κ3) is 1.37. The molecule has 0 amide bonds. The largest absolute Gasteiger partial charge is 0.320 e. The van der Waals surface area contributed by atoms with E-state index in [-0.39, 0.29) is 0 Å². The molecule has 0 aliphatic rings. The van der Waals surface area contributed by atoms with E-state index in [1.807, 2.05) is 12.3 Å². The predicted molar refractivity (Wildman–Crippen MR) is 48.6 cm³/mol. The summed E-state index contributed by atoms with van der Waals surface area (Å²) in [5, 5.41) is 0.989. The van der Waals surface area contributed by atoms with Gasteiger partial charge < -0.3 is 5.73 Å². The summed E-state index contributed by atoms with van der Waals surface area (Å²) in [5.74, 6) is 5.68. The van der Waals surface area contributed by atoms with Gasteiger partial charge in [0.05, 0.1) is 12.7 Å². The van der Waals surface area contributed by atoms with E-state index in [9.17, 15) is 0 Å². The highest BCUT2D eigenvalue weighted by Crippen LogP contribution is 2.08. The van der Waals surface area contributed by atoms with Crippen LogP contribution in [0.4, 0.5) is 0 Å². The number of hydrogen-bond acceptors (Lipinski definition) is 2. The van der Waals surface area contributed by atoms with Crippen LogP contribution in [0.15, 0.2) is 18.6 Å². The Balaban J connectivity index is 2.61. The fourth-order valence-electron chi connectivity index (χ4n) is 1.15. The lowest BCUT2D eigenvalue weighted by molar-refractivity contribution is -0.352. The zero-order valence-electron chi connectivity index (χ0n) is 6.96. The summed E-state index contributed by atoms with van der Waals surface area (Å²) in [6, 6.07) is 1.93. The molecule has 2 rings (SSSR count). The standard InChI is InChI=1S/C9H8N4/c10-4-1-2-8-7-3-5-11-9(7)13-6-12-8/h3,5-6H,4,10H2,(H,11,12,13)/p+1. The molecule has 0 aromatic carbocycles. The highest BCUT2D eigenvalue weighted by molar-refractivity contribution is 5.78. The lowest BCUT2D eigenvalue weighted by Crippen LogP contribution is -2.05. The fourth-order valence-corrected chi connectivity index (χ4v) is 1.15. The Bertz CT molecular complexity index is 475. The molecule has 2 aromatic rings. The van der Waals surface area contributed by atoms with E-state index >= 15 is 0 Å². The van der Waals surface area contributed by atoms with Crippen molar-refractivity contribution in [2.24, 2.45) is 5.73 Å². The number of fused-ring (bicyclic) bond motifs is 1. The zero-order valence-corrected chi connectivity index (χ0v) is 6.96. The average molecular weight is 173 g/mol. The van der Waals surface area contributed by atoms with Crippen molar-refractivity contribution >= 4 is 11.0 Å². The summed E-state index contributed by atoms with van der Waals surface area (Å²) in [4.78, 5) is 10.1. The van der Waals surface area contributed by atoms with Crippen LogP contribution in [-0.2, 0) is 0 Å². The minimum atomic E-state index is 0.353. The third-order valence-corrected chi connectivity index (χ3v) is 1.71. The van der Waals surface area contributed by atoms with Crippen molar-refractivity contribution in [3.63, 3.8) is 0 Å². The Kier molecular flexibility index (Phi) is 1.94. The maximum atomic E-state index is 5.28. The second-order valence-corrected chi connectivity index (χ2v) is 2.52. The van der Waals surface area contributed by atoms with Gasteiger partial charge in [-0.25, -0.2) is 4.98 Å². The molecule has 4 nitrogen and oxygen atoms in total. The monoisotopic (exact) mass is 173 g/mol. The molecule has 0 radical (unpaired) electrons. The van der Waals surface area contributed by atoms with Gasteiger partial charge in [0.1, 0.15) is 5.39 Å². The van der Waals surface area contributed by atoms with Gasteiger partial charge in [-0.3, -0.25) is 4.98 Å². The number of nitrogens with two attached hydrogens (primary N) is 1. The van der Waals surface area contributed by atoms with E-state index in [2.05, 4.69) is 26.8 Å². The van der Waals surface area contributed by atoms with Crippen LogP contribution in [0.2, 0.25) is 0 Å². The Labute approximate surface area is 75.2 Å². The van der Waals surface area contributed by atoms with Crippen LogP contribution in [-0.4, -0.2) is 16.5 Å². The topological polar surface area (TPSA) is 68.8 Å². The highest BCUT2D eigenvalue weighted by Gasteiger charge is 2.05. The van der Waals surface area contributed by atoms with Gasteiger partial charge in [-0.1, -0.05) is 5.92 Å². The van der Waals surface area contributed by atoms with Gasteiger partial charge in [-0.05, 0) is 12.0 Å². The molecule has 4 heteroatoms. The molecule has 64 valence electrons. The minimum Gasteiger partial charge on any atom is -0.320 e. The van der Waals surface area contributed by atoms with Crippen molar-refractivity contribution in [3.05, 3.63) is 24.3 Å². The number of aromatic amines is 2. The summed E-state index contributed by atoms with van der Waals surface area (Å²) in [7, 11) is 0. The fraction of sp³-hybridized carbons (Fsp3) is 0.111. The third-order valence-electron chi connectivity index (χ3n) is 1.71. The minimum absolute atomic E-state index is 0.353. The van der Waals surface area contributed by atoms with Gasteiger partial charge in [0.15, 0.2) is 0 Å². The second kappa shape index (κ2) is 3.25. The first kappa shape index (κ1) is 7.77. The van der Waals surface area contributed by atoms with Crippen LogP contribution in [0.5, 0.6) is 0 Å². The maximum Gasteiger partial charge on any atom is 0.235 e. The first-order chi connectivity index (χ1) is 6.42. The van der Waals surface area contributed by atoms with Crippen LogP contribution in [0.25, 0.3) is 11.0 Å². The Hall–Kier alpha value is -1.86. The SMILES string of the molecule is NCC#Cc1nc[nH+]c2[nH]ccc12. The predicted octanol–water partition coefficient (Wildman–Crippen LogP) is -0.313. The summed E-state index contributed by atoms with van der Waals surface area (Å²) in [6.45, 7) is 0.353. The molecule has 0 spiro atoms. The molecule has 0 unspecified atom stereocenters. The molecule has 0 saturated carbocycles. The Morgan fingerprint density at radius 3 is 3.38 bits per heavy atom. The average Bonchev–Trinajstić information content (AvgIpc) is 2.62. The lowest BCUT2D eigenvalue weighted by atomic mass is 10.3. The summed E-state index contributed by atoms with van der Waals surface area (Å²) < 4.78 is 0. The molecule has 13 heavy (non-hydrogen) atoms. The van der Waals surface area contributed by atoms with Crippen molar-refractivity contribution < 1.29 is 4.98 Å². The smallest absolute Gasteiger partial charge is 0.235 e. The van der Waals surface area contributed by atoms with Crippen LogP contribution in [0.1, 0.15) is 5.69 Å². The van der Waals surface area contributed by atoms with E-state index in [1.165, 1.54) is 0 Å². The van der Waals surface area contributed by atoms with Gasteiger partial charge in [-0.2, -0.15) is 0 Å². The molecule has 4 N–H and O–H groups in total. The first-order valence-electron chi connectivity index (χ1n) is 3.94. The Morgan fingerprint density at radius 2 is 2.54 bits per heavy atom. The zero-order chi connectivity index (χ0) is 9.10. The molecule has 0 bridgehead atoms. The van der Waals surface area contributed by atoms with Crippen LogP contribution in [0, 0.1) is 11.8 Å². The van der Waals surface area contributed by atoms with Gasteiger partial charge in [0, 0.05) is 0 Å². The van der Waals surface area contributed by atoms with Gasteiger partial charge >= 0.3 is 0 Å². The van der Waals surface area contributed by atoms with Gasteiger partial charge in [0.25, 0.3) is 0 Å². The number of aromatic nitrogens is 3. The van der Waals surface area contributed by atoms with Crippen molar-refractivity contribution in [3.8, 4) is 11.8 Å². The highest BCUT2D eigenvalue weighted by atomic mass is 14.9. The molecule has 0 aliphatic heterocycles. The Morgan fingerprint density at radius 1 is 1.62 bits per heavy atom. The summed E-state index contributed by atoms with van der Waals surface area (Å²) in [6.07, 6.45) is 3.45. The number of nitrogens with one attached hydrogen (secondary N) is 2. The molecule has 0 atom stereocenters. The van der Waals surface area contributed by atoms with Crippen molar-refractivity contribution in [1.82, 2.24) is 9.97 Å². The van der Waals surface area contributed by atoms with Crippen LogP contribution in [0.3, 0.4) is 0 Å².